The van der Waals surface area contributed by atoms with E-state index in [1.165, 1.54) is 11.1 Å². The summed E-state index contributed by atoms with van der Waals surface area (Å²) in [5.74, 6) is 1.03. The molecule has 0 saturated carbocycles. The molecule has 2 rings (SSSR count). The molecule has 1 N–H and O–H groups in total. The second-order valence-corrected chi connectivity index (χ2v) is 5.08. The summed E-state index contributed by atoms with van der Waals surface area (Å²) in [6, 6.07) is 21.6. The minimum atomic E-state index is 0.460. The molecule has 1 atom stereocenters. The largest absolute Gasteiger partial charge is 0.317 e. The fourth-order valence-electron chi connectivity index (χ4n) is 2.66. The molecular formula is C18H23N. The highest BCUT2D eigenvalue weighted by atomic mass is 14.8. The van der Waals surface area contributed by atoms with Crippen molar-refractivity contribution in [1.82, 2.24) is 5.32 Å². The van der Waals surface area contributed by atoms with Crippen LogP contribution in [0.2, 0.25) is 0 Å². The topological polar surface area (TPSA) is 12.0 Å². The quantitative estimate of drug-likeness (QED) is 0.818. The van der Waals surface area contributed by atoms with E-state index in [9.17, 15) is 0 Å². The summed E-state index contributed by atoms with van der Waals surface area (Å²) < 4.78 is 0. The fraction of sp³-hybridized carbons (Fsp3) is 0.333. The third-order valence-electron chi connectivity index (χ3n) is 3.60. The van der Waals surface area contributed by atoms with E-state index in [0.717, 1.165) is 13.1 Å². The Labute approximate surface area is 116 Å². The van der Waals surface area contributed by atoms with Crippen LogP contribution < -0.4 is 5.32 Å². The Morgan fingerprint density at radius 3 is 1.74 bits per heavy atom. The van der Waals surface area contributed by atoms with Gasteiger partial charge in [-0.05, 0) is 30.1 Å². The third-order valence-corrected chi connectivity index (χ3v) is 3.60. The van der Waals surface area contributed by atoms with E-state index in [2.05, 4.69) is 79.8 Å². The van der Waals surface area contributed by atoms with E-state index in [1.807, 2.05) is 0 Å². The van der Waals surface area contributed by atoms with Gasteiger partial charge in [0, 0.05) is 5.92 Å². The second-order valence-electron chi connectivity index (χ2n) is 5.08. The van der Waals surface area contributed by atoms with Crippen molar-refractivity contribution in [1.29, 1.82) is 0 Å². The lowest BCUT2D eigenvalue weighted by atomic mass is 9.81. The molecule has 100 valence electrons. The van der Waals surface area contributed by atoms with Gasteiger partial charge in [-0.25, -0.2) is 0 Å². The molecule has 1 nitrogen and oxygen atoms in total. The molecule has 0 amide bonds. The Morgan fingerprint density at radius 1 is 0.842 bits per heavy atom. The van der Waals surface area contributed by atoms with E-state index in [1.54, 1.807) is 0 Å². The first kappa shape index (κ1) is 13.8. The molecule has 0 spiro atoms. The average Bonchev–Trinajstić information content (AvgIpc) is 2.47. The van der Waals surface area contributed by atoms with E-state index in [-0.39, 0.29) is 0 Å². The lowest BCUT2D eigenvalue weighted by molar-refractivity contribution is 0.473. The molecule has 0 aromatic heterocycles. The summed E-state index contributed by atoms with van der Waals surface area (Å²) in [7, 11) is 0. The Balaban J connectivity index is 2.29. The molecule has 0 bridgehead atoms. The second kappa shape index (κ2) is 7.10. The van der Waals surface area contributed by atoms with Crippen molar-refractivity contribution in [3.05, 3.63) is 71.8 Å². The van der Waals surface area contributed by atoms with Crippen LogP contribution in [0.4, 0.5) is 0 Å². The molecule has 0 aliphatic heterocycles. The first-order valence-electron chi connectivity index (χ1n) is 7.13. The number of benzene rings is 2. The Kier molecular flexibility index (Phi) is 5.17. The van der Waals surface area contributed by atoms with Crippen LogP contribution in [0.25, 0.3) is 0 Å². The van der Waals surface area contributed by atoms with Crippen molar-refractivity contribution < 1.29 is 0 Å². The standard InChI is InChI=1S/C18H23N/c1-3-19-14-15(2)18(16-10-6-4-7-11-16)17-12-8-5-9-13-17/h4-13,15,18-19H,3,14H2,1-2H3. The molecule has 2 aromatic rings. The smallest absolute Gasteiger partial charge is 0.0127 e. The van der Waals surface area contributed by atoms with E-state index in [4.69, 9.17) is 0 Å². The highest BCUT2D eigenvalue weighted by molar-refractivity contribution is 5.33. The molecule has 0 aliphatic rings. The molecule has 2 aromatic carbocycles. The van der Waals surface area contributed by atoms with Gasteiger partial charge in [-0.1, -0.05) is 74.5 Å². The maximum Gasteiger partial charge on any atom is 0.0127 e. The van der Waals surface area contributed by atoms with Crippen LogP contribution in [0.1, 0.15) is 30.9 Å². The summed E-state index contributed by atoms with van der Waals surface area (Å²) in [5.41, 5.74) is 2.80. The lowest BCUT2D eigenvalue weighted by Gasteiger charge is -2.25. The van der Waals surface area contributed by atoms with Gasteiger partial charge in [0.05, 0.1) is 0 Å². The molecule has 0 fully saturated rings. The zero-order valence-corrected chi connectivity index (χ0v) is 11.8. The summed E-state index contributed by atoms with van der Waals surface area (Å²) in [5, 5.41) is 3.47. The minimum absolute atomic E-state index is 0.460. The summed E-state index contributed by atoms with van der Waals surface area (Å²) in [4.78, 5) is 0. The maximum atomic E-state index is 3.47. The van der Waals surface area contributed by atoms with Gasteiger partial charge in [-0.2, -0.15) is 0 Å². The van der Waals surface area contributed by atoms with Crippen LogP contribution in [0, 0.1) is 5.92 Å². The monoisotopic (exact) mass is 253 g/mol. The zero-order chi connectivity index (χ0) is 13.5. The van der Waals surface area contributed by atoms with Crippen LogP contribution in [-0.2, 0) is 0 Å². The molecule has 19 heavy (non-hydrogen) atoms. The predicted octanol–water partition coefficient (Wildman–Crippen LogP) is 4.06. The lowest BCUT2D eigenvalue weighted by Crippen LogP contribution is -2.25. The predicted molar refractivity (Wildman–Crippen MR) is 82.4 cm³/mol. The molecule has 1 heteroatoms. The van der Waals surface area contributed by atoms with Gasteiger partial charge in [0.15, 0.2) is 0 Å². The van der Waals surface area contributed by atoms with Crippen LogP contribution in [-0.4, -0.2) is 13.1 Å². The molecule has 0 heterocycles. The van der Waals surface area contributed by atoms with Gasteiger partial charge in [0.2, 0.25) is 0 Å². The van der Waals surface area contributed by atoms with Crippen molar-refractivity contribution >= 4 is 0 Å². The number of rotatable bonds is 6. The zero-order valence-electron chi connectivity index (χ0n) is 11.8. The van der Waals surface area contributed by atoms with Crippen molar-refractivity contribution in [2.75, 3.05) is 13.1 Å². The van der Waals surface area contributed by atoms with Gasteiger partial charge in [-0.15, -0.1) is 0 Å². The Morgan fingerprint density at radius 2 is 1.32 bits per heavy atom. The van der Waals surface area contributed by atoms with Gasteiger partial charge in [0.1, 0.15) is 0 Å². The van der Waals surface area contributed by atoms with Gasteiger partial charge in [-0.3, -0.25) is 0 Å². The Hall–Kier alpha value is -1.60. The number of hydrogen-bond donors (Lipinski definition) is 1. The van der Waals surface area contributed by atoms with Crippen LogP contribution >= 0.6 is 0 Å². The molecule has 0 aliphatic carbocycles. The summed E-state index contributed by atoms with van der Waals surface area (Å²) >= 11 is 0. The van der Waals surface area contributed by atoms with Gasteiger partial charge in [0.25, 0.3) is 0 Å². The fourth-order valence-corrected chi connectivity index (χ4v) is 2.66. The van der Waals surface area contributed by atoms with Crippen molar-refractivity contribution in [2.24, 2.45) is 5.92 Å². The third kappa shape index (κ3) is 3.68. The maximum absolute atomic E-state index is 3.47. The summed E-state index contributed by atoms with van der Waals surface area (Å²) in [6.07, 6.45) is 0. The highest BCUT2D eigenvalue weighted by Crippen LogP contribution is 2.31. The number of hydrogen-bond acceptors (Lipinski definition) is 1. The number of nitrogens with one attached hydrogen (secondary N) is 1. The average molecular weight is 253 g/mol. The first-order chi connectivity index (χ1) is 9.33. The molecular weight excluding hydrogens is 230 g/mol. The normalized spacial score (nSPS) is 12.6. The van der Waals surface area contributed by atoms with Gasteiger partial charge >= 0.3 is 0 Å². The minimum Gasteiger partial charge on any atom is -0.317 e. The van der Waals surface area contributed by atoms with Crippen molar-refractivity contribution in [2.45, 2.75) is 19.8 Å². The molecule has 0 saturated heterocycles. The van der Waals surface area contributed by atoms with E-state index < -0.39 is 0 Å². The highest BCUT2D eigenvalue weighted by Gasteiger charge is 2.20. The van der Waals surface area contributed by atoms with Crippen molar-refractivity contribution in [3.63, 3.8) is 0 Å². The van der Waals surface area contributed by atoms with E-state index >= 15 is 0 Å². The van der Waals surface area contributed by atoms with Crippen LogP contribution in [0.15, 0.2) is 60.7 Å². The van der Waals surface area contributed by atoms with Crippen molar-refractivity contribution in [3.8, 4) is 0 Å². The Bertz CT molecular complexity index is 424. The van der Waals surface area contributed by atoms with Gasteiger partial charge < -0.3 is 5.32 Å². The van der Waals surface area contributed by atoms with Crippen LogP contribution in [0.5, 0.6) is 0 Å². The SMILES string of the molecule is CCNCC(C)C(c1ccccc1)c1ccccc1. The van der Waals surface area contributed by atoms with E-state index in [0.29, 0.717) is 11.8 Å². The first-order valence-corrected chi connectivity index (χ1v) is 7.13. The van der Waals surface area contributed by atoms with Crippen LogP contribution in [0.3, 0.4) is 0 Å². The molecule has 0 radical (unpaired) electrons. The summed E-state index contributed by atoms with van der Waals surface area (Å²) in [6.45, 7) is 6.56. The molecule has 1 unspecified atom stereocenters.